The van der Waals surface area contributed by atoms with E-state index in [0.717, 1.165) is 39.7 Å². The number of nitrogens with zero attached hydrogens (tertiary/aromatic N) is 4. The lowest BCUT2D eigenvalue weighted by Crippen LogP contribution is -2.35. The Hall–Kier alpha value is -2.64. The molecule has 4 rings (SSSR count). The van der Waals surface area contributed by atoms with Gasteiger partial charge in [0.1, 0.15) is 5.04 Å². The SMILES string of the molecule is CCC1=NN2C(=N)C(=Cc3cc(C)n(-c4ccc(Cl)cc4C)c3C)C(=O)N=C2S1. The van der Waals surface area contributed by atoms with Gasteiger partial charge in [0.25, 0.3) is 5.91 Å². The molecule has 0 saturated heterocycles. The summed E-state index contributed by atoms with van der Waals surface area (Å²) in [7, 11) is 0. The molecule has 1 aromatic carbocycles. The standard InChI is InChI=1S/C21H20ClN5OS/c1-5-18-25-27-19(23)16(20(28)24-21(27)29-18)10-14-9-12(3)26(13(14)4)17-7-6-15(22)8-11(17)2/h6-10,23H,5H2,1-4H3. The van der Waals surface area contributed by atoms with E-state index in [0.29, 0.717) is 10.2 Å². The van der Waals surface area contributed by atoms with Crippen LogP contribution in [0.4, 0.5) is 0 Å². The van der Waals surface area contributed by atoms with Crippen LogP contribution < -0.4 is 0 Å². The fraction of sp³-hybridized carbons (Fsp3) is 0.238. The first-order valence-corrected chi connectivity index (χ1v) is 10.4. The maximum Gasteiger partial charge on any atom is 0.283 e. The number of carbonyl (C=O) groups is 1. The highest BCUT2D eigenvalue weighted by Gasteiger charge is 2.35. The minimum Gasteiger partial charge on any atom is -0.318 e. The molecule has 2 aromatic rings. The third-order valence-corrected chi connectivity index (χ3v) is 6.26. The van der Waals surface area contributed by atoms with Gasteiger partial charge in [-0.2, -0.15) is 15.1 Å². The number of fused-ring (bicyclic) bond motifs is 1. The molecule has 2 aliphatic heterocycles. The number of benzene rings is 1. The first kappa shape index (κ1) is 19.7. The normalized spacial score (nSPS) is 17.7. The van der Waals surface area contributed by atoms with Crippen LogP contribution in [-0.2, 0) is 4.79 Å². The number of aliphatic imine (C=N–C) groups is 1. The number of thioether (sulfide) groups is 1. The van der Waals surface area contributed by atoms with E-state index in [1.165, 1.54) is 16.8 Å². The summed E-state index contributed by atoms with van der Waals surface area (Å²) < 4.78 is 2.13. The molecule has 3 heterocycles. The van der Waals surface area contributed by atoms with E-state index in [-0.39, 0.29) is 11.4 Å². The molecule has 2 aliphatic rings. The summed E-state index contributed by atoms with van der Waals surface area (Å²) in [5, 5.41) is 16.3. The van der Waals surface area contributed by atoms with Crippen molar-refractivity contribution in [3.05, 3.63) is 57.4 Å². The van der Waals surface area contributed by atoms with Crippen molar-refractivity contribution in [3.8, 4) is 5.69 Å². The first-order valence-electron chi connectivity index (χ1n) is 9.24. The molecule has 0 aliphatic carbocycles. The Kier molecular flexibility index (Phi) is 4.96. The highest BCUT2D eigenvalue weighted by Crippen LogP contribution is 2.31. The zero-order chi connectivity index (χ0) is 20.9. The zero-order valence-electron chi connectivity index (χ0n) is 16.6. The molecule has 0 radical (unpaired) electrons. The van der Waals surface area contributed by atoms with Gasteiger partial charge in [0.2, 0.25) is 5.17 Å². The Balaban J connectivity index is 1.77. The number of aromatic nitrogens is 1. The monoisotopic (exact) mass is 425 g/mol. The average Bonchev–Trinajstić information content (AvgIpc) is 3.20. The second kappa shape index (κ2) is 7.31. The predicted molar refractivity (Wildman–Crippen MR) is 120 cm³/mol. The topological polar surface area (TPSA) is 73.8 Å². The Morgan fingerprint density at radius 1 is 1.24 bits per heavy atom. The van der Waals surface area contributed by atoms with Gasteiger partial charge >= 0.3 is 0 Å². The van der Waals surface area contributed by atoms with Gasteiger partial charge in [-0.1, -0.05) is 18.5 Å². The number of nitrogens with one attached hydrogen (secondary N) is 1. The summed E-state index contributed by atoms with van der Waals surface area (Å²) in [5.41, 5.74) is 5.21. The predicted octanol–water partition coefficient (Wildman–Crippen LogP) is 5.09. The third-order valence-electron chi connectivity index (χ3n) is 4.97. The maximum atomic E-state index is 12.6. The Morgan fingerprint density at radius 3 is 2.69 bits per heavy atom. The quantitative estimate of drug-likeness (QED) is 0.696. The number of aryl methyl sites for hydroxylation is 2. The van der Waals surface area contributed by atoms with E-state index >= 15 is 0 Å². The molecule has 0 unspecified atom stereocenters. The smallest absolute Gasteiger partial charge is 0.283 e. The van der Waals surface area contributed by atoms with Crippen LogP contribution in [0.3, 0.4) is 0 Å². The Labute approximate surface area is 178 Å². The van der Waals surface area contributed by atoms with Gasteiger partial charge in [-0.3, -0.25) is 10.2 Å². The molecule has 0 spiro atoms. The maximum absolute atomic E-state index is 12.6. The van der Waals surface area contributed by atoms with E-state index in [1.807, 2.05) is 52.0 Å². The number of hydrogen-bond acceptors (Lipinski definition) is 4. The molecule has 29 heavy (non-hydrogen) atoms. The van der Waals surface area contributed by atoms with Crippen molar-refractivity contribution >= 4 is 51.4 Å². The van der Waals surface area contributed by atoms with Gasteiger partial charge in [-0.15, -0.1) is 0 Å². The van der Waals surface area contributed by atoms with Crippen LogP contribution in [0.15, 0.2) is 39.9 Å². The van der Waals surface area contributed by atoms with Crippen LogP contribution in [0, 0.1) is 26.2 Å². The second-order valence-corrected chi connectivity index (χ2v) is 8.44. The summed E-state index contributed by atoms with van der Waals surface area (Å²) in [6.07, 6.45) is 2.47. The van der Waals surface area contributed by atoms with Crippen LogP contribution in [0.5, 0.6) is 0 Å². The van der Waals surface area contributed by atoms with Gasteiger partial charge in [0.05, 0.1) is 5.57 Å². The Bertz CT molecular complexity index is 1160. The molecule has 0 atom stereocenters. The van der Waals surface area contributed by atoms with E-state index in [1.54, 1.807) is 6.08 Å². The molecule has 1 N–H and O–H groups in total. The number of halogens is 1. The van der Waals surface area contributed by atoms with Crippen LogP contribution in [0.1, 0.15) is 35.9 Å². The van der Waals surface area contributed by atoms with Gasteiger partial charge in [0, 0.05) is 22.1 Å². The van der Waals surface area contributed by atoms with E-state index in [2.05, 4.69) is 14.7 Å². The third kappa shape index (κ3) is 3.34. The number of carbonyl (C=O) groups excluding carboxylic acids is 1. The molecule has 6 nitrogen and oxygen atoms in total. The van der Waals surface area contributed by atoms with Crippen LogP contribution >= 0.6 is 23.4 Å². The molecular formula is C21H20ClN5OS. The van der Waals surface area contributed by atoms with E-state index < -0.39 is 5.91 Å². The second-order valence-electron chi connectivity index (χ2n) is 6.96. The fourth-order valence-corrected chi connectivity index (χ4v) is 4.56. The summed E-state index contributed by atoms with van der Waals surface area (Å²) in [6, 6.07) is 7.79. The van der Waals surface area contributed by atoms with E-state index in [4.69, 9.17) is 17.0 Å². The lowest BCUT2D eigenvalue weighted by Gasteiger charge is -2.20. The lowest BCUT2D eigenvalue weighted by atomic mass is 10.1. The van der Waals surface area contributed by atoms with Crippen molar-refractivity contribution in [1.29, 1.82) is 5.41 Å². The van der Waals surface area contributed by atoms with Crippen molar-refractivity contribution in [2.75, 3.05) is 0 Å². The highest BCUT2D eigenvalue weighted by atomic mass is 35.5. The lowest BCUT2D eigenvalue weighted by molar-refractivity contribution is -0.114. The largest absolute Gasteiger partial charge is 0.318 e. The van der Waals surface area contributed by atoms with Crippen molar-refractivity contribution in [3.63, 3.8) is 0 Å². The first-order chi connectivity index (χ1) is 13.8. The molecule has 148 valence electrons. The molecule has 0 saturated carbocycles. The van der Waals surface area contributed by atoms with Crippen molar-refractivity contribution < 1.29 is 4.79 Å². The van der Waals surface area contributed by atoms with Crippen LogP contribution in [0.25, 0.3) is 11.8 Å². The summed E-state index contributed by atoms with van der Waals surface area (Å²) >= 11 is 7.45. The van der Waals surface area contributed by atoms with Crippen molar-refractivity contribution in [2.24, 2.45) is 10.1 Å². The van der Waals surface area contributed by atoms with Crippen molar-refractivity contribution in [2.45, 2.75) is 34.1 Å². The number of amidine groups is 2. The molecule has 0 fully saturated rings. The molecule has 0 bridgehead atoms. The molecule has 8 heteroatoms. The molecular weight excluding hydrogens is 406 g/mol. The van der Waals surface area contributed by atoms with Crippen LogP contribution in [0.2, 0.25) is 5.02 Å². The zero-order valence-corrected chi connectivity index (χ0v) is 18.1. The summed E-state index contributed by atoms with van der Waals surface area (Å²) in [5.74, 6) is -0.350. The average molecular weight is 426 g/mol. The highest BCUT2D eigenvalue weighted by molar-refractivity contribution is 8.26. The summed E-state index contributed by atoms with van der Waals surface area (Å²) in [6.45, 7) is 8.02. The van der Waals surface area contributed by atoms with Gasteiger partial charge in [-0.05, 0) is 80.4 Å². The number of amides is 1. The van der Waals surface area contributed by atoms with Gasteiger partial charge in [0.15, 0.2) is 5.84 Å². The summed E-state index contributed by atoms with van der Waals surface area (Å²) in [4.78, 5) is 16.7. The molecule has 1 aromatic heterocycles. The van der Waals surface area contributed by atoms with Crippen LogP contribution in [-0.4, -0.2) is 31.5 Å². The molecule has 1 amide bonds. The van der Waals surface area contributed by atoms with Gasteiger partial charge < -0.3 is 4.57 Å². The fourth-order valence-electron chi connectivity index (χ4n) is 3.50. The van der Waals surface area contributed by atoms with E-state index in [9.17, 15) is 4.79 Å². The number of rotatable bonds is 3. The van der Waals surface area contributed by atoms with Crippen molar-refractivity contribution in [1.82, 2.24) is 9.58 Å². The number of hydrogen-bond donors (Lipinski definition) is 1. The minimum absolute atomic E-state index is 0.0587. The number of hydrazone groups is 1. The minimum atomic E-state index is -0.409. The Morgan fingerprint density at radius 2 is 2.00 bits per heavy atom. The van der Waals surface area contributed by atoms with Gasteiger partial charge in [-0.25, -0.2) is 0 Å².